The van der Waals surface area contributed by atoms with Gasteiger partial charge in [0.2, 0.25) is 5.89 Å². The molecule has 102 valence electrons. The van der Waals surface area contributed by atoms with Gasteiger partial charge in [0.05, 0.1) is 10.9 Å². The molecule has 1 aromatic heterocycles. The number of rotatable bonds is 4. The molecule has 0 amide bonds. The van der Waals surface area contributed by atoms with Crippen LogP contribution in [-0.4, -0.2) is 9.19 Å². The van der Waals surface area contributed by atoms with Gasteiger partial charge >= 0.3 is 0 Å². The summed E-state index contributed by atoms with van der Waals surface area (Å²) in [4.78, 5) is 4.26. The van der Waals surface area contributed by atoms with E-state index in [1.165, 1.54) is 0 Å². The number of halogens is 1. The molecule has 0 saturated heterocycles. The third-order valence-corrected chi connectivity index (χ3v) is 4.88. The summed E-state index contributed by atoms with van der Waals surface area (Å²) in [5, 5.41) is 0.551. The standard InChI is InChI=1S/C14H16ClNO2S/c1-9-10(2)18-14(16-9)8-19(17)11(3)12-5-4-6-13(15)7-12/h4-7,11H,8H2,1-3H3/t11-,19-/m0/s1. The van der Waals surface area contributed by atoms with Crippen molar-refractivity contribution in [1.29, 1.82) is 0 Å². The topological polar surface area (TPSA) is 43.1 Å². The molecule has 3 nitrogen and oxygen atoms in total. The van der Waals surface area contributed by atoms with Crippen molar-refractivity contribution in [3.05, 3.63) is 52.2 Å². The summed E-state index contributed by atoms with van der Waals surface area (Å²) in [5.41, 5.74) is 1.81. The van der Waals surface area contributed by atoms with Gasteiger partial charge in [-0.05, 0) is 38.5 Å². The van der Waals surface area contributed by atoms with E-state index < -0.39 is 10.8 Å². The Bertz CT molecular complexity index is 590. The van der Waals surface area contributed by atoms with Crippen molar-refractivity contribution in [1.82, 2.24) is 4.98 Å². The first-order valence-corrected chi connectivity index (χ1v) is 7.79. The Morgan fingerprint density at radius 2 is 2.16 bits per heavy atom. The molecule has 0 bridgehead atoms. The van der Waals surface area contributed by atoms with E-state index in [1.54, 1.807) is 0 Å². The van der Waals surface area contributed by atoms with E-state index in [9.17, 15) is 4.21 Å². The lowest BCUT2D eigenvalue weighted by molar-refractivity contribution is 0.487. The Hall–Kier alpha value is -1.13. The Labute approximate surface area is 120 Å². The van der Waals surface area contributed by atoms with Gasteiger partial charge in [0.25, 0.3) is 0 Å². The molecule has 0 aliphatic heterocycles. The summed E-state index contributed by atoms with van der Waals surface area (Å²) in [6.45, 7) is 5.66. The van der Waals surface area contributed by atoms with Crippen LogP contribution in [0.5, 0.6) is 0 Å². The predicted molar refractivity (Wildman–Crippen MR) is 77.7 cm³/mol. The molecule has 2 rings (SSSR count). The maximum atomic E-state index is 12.3. The highest BCUT2D eigenvalue weighted by atomic mass is 35.5. The van der Waals surface area contributed by atoms with Crippen LogP contribution in [0.1, 0.15) is 35.1 Å². The summed E-state index contributed by atoms with van der Waals surface area (Å²) in [7, 11) is -1.08. The normalized spacial score (nSPS) is 14.3. The molecule has 0 spiro atoms. The Morgan fingerprint density at radius 3 is 2.74 bits per heavy atom. The number of oxazole rings is 1. The van der Waals surface area contributed by atoms with Crippen molar-refractivity contribution in [2.24, 2.45) is 0 Å². The van der Waals surface area contributed by atoms with Gasteiger partial charge in [0.1, 0.15) is 11.5 Å². The van der Waals surface area contributed by atoms with Gasteiger partial charge in [-0.15, -0.1) is 0 Å². The first-order valence-electron chi connectivity index (χ1n) is 6.03. The third-order valence-electron chi connectivity index (χ3n) is 3.05. The summed E-state index contributed by atoms with van der Waals surface area (Å²) in [5.74, 6) is 1.63. The van der Waals surface area contributed by atoms with Gasteiger partial charge in [-0.2, -0.15) is 0 Å². The van der Waals surface area contributed by atoms with Crippen LogP contribution >= 0.6 is 11.6 Å². The molecule has 0 aliphatic rings. The second-order valence-electron chi connectivity index (χ2n) is 4.47. The molecule has 0 aliphatic carbocycles. The molecule has 0 fully saturated rings. The van der Waals surface area contributed by atoms with Crippen LogP contribution in [0.15, 0.2) is 28.7 Å². The third kappa shape index (κ3) is 3.45. The second kappa shape index (κ2) is 5.88. The minimum Gasteiger partial charge on any atom is -0.445 e. The molecule has 2 aromatic rings. The zero-order valence-electron chi connectivity index (χ0n) is 11.1. The van der Waals surface area contributed by atoms with E-state index in [4.69, 9.17) is 16.0 Å². The maximum absolute atomic E-state index is 12.3. The molecule has 0 N–H and O–H groups in total. The maximum Gasteiger partial charge on any atom is 0.207 e. The number of benzene rings is 1. The Morgan fingerprint density at radius 1 is 1.42 bits per heavy atom. The molecule has 1 aromatic carbocycles. The summed E-state index contributed by atoms with van der Waals surface area (Å²) < 4.78 is 17.8. The summed E-state index contributed by atoms with van der Waals surface area (Å²) >= 11 is 5.95. The van der Waals surface area contributed by atoms with Crippen LogP contribution in [0.25, 0.3) is 0 Å². The first-order chi connectivity index (χ1) is 8.97. The van der Waals surface area contributed by atoms with Gasteiger partial charge < -0.3 is 4.42 Å². The summed E-state index contributed by atoms with van der Waals surface area (Å²) in [6, 6.07) is 7.45. The molecule has 0 unspecified atom stereocenters. The van der Waals surface area contributed by atoms with E-state index in [1.807, 2.05) is 45.0 Å². The largest absolute Gasteiger partial charge is 0.445 e. The van der Waals surface area contributed by atoms with Crippen LogP contribution < -0.4 is 0 Å². The monoisotopic (exact) mass is 297 g/mol. The fourth-order valence-corrected chi connectivity index (χ4v) is 3.02. The van der Waals surface area contributed by atoms with Crippen LogP contribution in [0.3, 0.4) is 0 Å². The summed E-state index contributed by atoms with van der Waals surface area (Å²) in [6.07, 6.45) is 0. The zero-order valence-corrected chi connectivity index (χ0v) is 12.7. The number of hydrogen-bond acceptors (Lipinski definition) is 3. The van der Waals surface area contributed by atoms with Crippen LogP contribution in [0.4, 0.5) is 0 Å². The van der Waals surface area contributed by atoms with E-state index in [0.717, 1.165) is 17.0 Å². The van der Waals surface area contributed by atoms with Crippen molar-refractivity contribution in [2.75, 3.05) is 0 Å². The fraction of sp³-hybridized carbons (Fsp3) is 0.357. The minimum atomic E-state index is -1.08. The van der Waals surface area contributed by atoms with Crippen molar-refractivity contribution in [3.8, 4) is 0 Å². The molecular formula is C14H16ClNO2S. The minimum absolute atomic E-state index is 0.105. The van der Waals surface area contributed by atoms with E-state index >= 15 is 0 Å². The lowest BCUT2D eigenvalue weighted by atomic mass is 10.2. The fourth-order valence-electron chi connectivity index (χ4n) is 1.76. The zero-order chi connectivity index (χ0) is 14.0. The van der Waals surface area contributed by atoms with Crippen LogP contribution in [0.2, 0.25) is 5.02 Å². The highest BCUT2D eigenvalue weighted by Crippen LogP contribution is 2.24. The molecular weight excluding hydrogens is 282 g/mol. The quantitative estimate of drug-likeness (QED) is 0.858. The van der Waals surface area contributed by atoms with E-state index in [0.29, 0.717) is 16.7 Å². The Kier molecular flexibility index (Phi) is 4.42. The number of aromatic nitrogens is 1. The number of hydrogen-bond donors (Lipinski definition) is 0. The molecule has 1 heterocycles. The molecule has 19 heavy (non-hydrogen) atoms. The lowest BCUT2D eigenvalue weighted by Gasteiger charge is -2.10. The second-order valence-corrected chi connectivity index (χ2v) is 6.67. The van der Waals surface area contributed by atoms with Gasteiger partial charge in [0, 0.05) is 15.8 Å². The number of aryl methyl sites for hydroxylation is 2. The van der Waals surface area contributed by atoms with Crippen LogP contribution in [-0.2, 0) is 16.6 Å². The van der Waals surface area contributed by atoms with Crippen molar-refractivity contribution in [2.45, 2.75) is 31.8 Å². The molecule has 2 atom stereocenters. The van der Waals surface area contributed by atoms with Crippen LogP contribution in [0, 0.1) is 13.8 Å². The van der Waals surface area contributed by atoms with Crippen molar-refractivity contribution in [3.63, 3.8) is 0 Å². The highest BCUT2D eigenvalue weighted by molar-refractivity contribution is 7.84. The molecule has 5 heteroatoms. The van der Waals surface area contributed by atoms with Gasteiger partial charge in [-0.1, -0.05) is 23.7 Å². The molecule has 0 saturated carbocycles. The van der Waals surface area contributed by atoms with Gasteiger partial charge in [-0.25, -0.2) is 4.98 Å². The predicted octanol–water partition coefficient (Wildman–Crippen LogP) is 3.95. The van der Waals surface area contributed by atoms with Gasteiger partial charge in [0.15, 0.2) is 0 Å². The van der Waals surface area contributed by atoms with Crippen molar-refractivity contribution >= 4 is 22.4 Å². The van der Waals surface area contributed by atoms with Crippen molar-refractivity contribution < 1.29 is 8.63 Å². The number of nitrogens with zero attached hydrogens (tertiary/aromatic N) is 1. The van der Waals surface area contributed by atoms with Gasteiger partial charge in [-0.3, -0.25) is 4.21 Å². The first kappa shape index (κ1) is 14.3. The van der Waals surface area contributed by atoms with E-state index in [-0.39, 0.29) is 5.25 Å². The molecule has 0 radical (unpaired) electrons. The highest BCUT2D eigenvalue weighted by Gasteiger charge is 2.17. The smallest absolute Gasteiger partial charge is 0.207 e. The Balaban J connectivity index is 2.11. The average molecular weight is 298 g/mol. The SMILES string of the molecule is Cc1nc(C[S@](=O)[C@@H](C)c2cccc(Cl)c2)oc1C. The van der Waals surface area contributed by atoms with E-state index in [2.05, 4.69) is 4.98 Å². The lowest BCUT2D eigenvalue weighted by Crippen LogP contribution is -2.05. The average Bonchev–Trinajstić information content (AvgIpc) is 2.67.